The number of nitrogens with zero attached hydrogens (tertiary/aromatic N) is 1. The molecule has 1 fully saturated rings. The standard InChI is InChI=1S/C19H29N3O2/c1-12(2)15-6-8-16(9-7-15)17(13(3)4)21-14(5)18(23)22-11-10-20-19(22)24/h6-9,12-14,17,21H,10-11H2,1-5H3,(H,20,24)/t14-,17-/m1/s1. The van der Waals surface area contributed by atoms with Crippen molar-refractivity contribution in [1.82, 2.24) is 15.5 Å². The molecule has 2 rings (SSSR count). The SMILES string of the molecule is CC(C)c1ccc([C@H](N[C@H](C)C(=O)N2CCNC2=O)C(C)C)cc1. The fourth-order valence-corrected chi connectivity index (χ4v) is 3.02. The van der Waals surface area contributed by atoms with Crippen LogP contribution in [0.1, 0.15) is 57.7 Å². The zero-order valence-electron chi connectivity index (χ0n) is 15.3. The fourth-order valence-electron chi connectivity index (χ4n) is 3.02. The summed E-state index contributed by atoms with van der Waals surface area (Å²) in [5.41, 5.74) is 2.47. The van der Waals surface area contributed by atoms with Crippen molar-refractivity contribution in [1.29, 1.82) is 0 Å². The second kappa shape index (κ2) is 7.79. The van der Waals surface area contributed by atoms with Gasteiger partial charge in [0.05, 0.1) is 6.04 Å². The molecule has 0 saturated carbocycles. The van der Waals surface area contributed by atoms with Gasteiger partial charge in [-0.2, -0.15) is 0 Å². The number of hydrogen-bond donors (Lipinski definition) is 2. The van der Waals surface area contributed by atoms with Gasteiger partial charge in [-0.1, -0.05) is 52.0 Å². The monoisotopic (exact) mass is 331 g/mol. The number of carbonyl (C=O) groups excluding carboxylic acids is 2. The third-order valence-electron chi connectivity index (χ3n) is 4.55. The predicted molar refractivity (Wildman–Crippen MR) is 95.8 cm³/mol. The number of imide groups is 1. The van der Waals surface area contributed by atoms with Crippen molar-refractivity contribution in [3.8, 4) is 0 Å². The summed E-state index contributed by atoms with van der Waals surface area (Å²) in [6.45, 7) is 11.4. The van der Waals surface area contributed by atoms with Gasteiger partial charge in [0.1, 0.15) is 0 Å². The minimum Gasteiger partial charge on any atom is -0.336 e. The largest absolute Gasteiger partial charge is 0.336 e. The number of hydrogen-bond acceptors (Lipinski definition) is 3. The van der Waals surface area contributed by atoms with Gasteiger partial charge in [-0.25, -0.2) is 4.79 Å². The van der Waals surface area contributed by atoms with E-state index >= 15 is 0 Å². The molecule has 5 nitrogen and oxygen atoms in total. The highest BCUT2D eigenvalue weighted by atomic mass is 16.2. The van der Waals surface area contributed by atoms with Gasteiger partial charge in [0.25, 0.3) is 0 Å². The Morgan fingerprint density at radius 3 is 2.12 bits per heavy atom. The van der Waals surface area contributed by atoms with E-state index in [9.17, 15) is 9.59 Å². The molecule has 2 N–H and O–H groups in total. The van der Waals surface area contributed by atoms with Crippen LogP contribution in [-0.4, -0.2) is 36.0 Å². The smallest absolute Gasteiger partial charge is 0.324 e. The lowest BCUT2D eigenvalue weighted by Gasteiger charge is -2.28. The number of benzene rings is 1. The lowest BCUT2D eigenvalue weighted by atomic mass is 9.93. The molecule has 0 radical (unpaired) electrons. The van der Waals surface area contributed by atoms with Crippen molar-refractivity contribution in [3.63, 3.8) is 0 Å². The maximum Gasteiger partial charge on any atom is 0.324 e. The van der Waals surface area contributed by atoms with Crippen LogP contribution in [0.4, 0.5) is 4.79 Å². The summed E-state index contributed by atoms with van der Waals surface area (Å²) >= 11 is 0. The Bertz CT molecular complexity index is 581. The molecule has 0 aliphatic carbocycles. The summed E-state index contributed by atoms with van der Waals surface area (Å²) < 4.78 is 0. The van der Waals surface area contributed by atoms with Crippen molar-refractivity contribution in [2.24, 2.45) is 5.92 Å². The van der Waals surface area contributed by atoms with E-state index in [1.807, 2.05) is 6.92 Å². The van der Waals surface area contributed by atoms with Crippen LogP contribution in [-0.2, 0) is 4.79 Å². The minimum atomic E-state index is -0.411. The van der Waals surface area contributed by atoms with Crippen LogP contribution in [0.5, 0.6) is 0 Å². The molecule has 0 bridgehead atoms. The van der Waals surface area contributed by atoms with Crippen LogP contribution in [0.3, 0.4) is 0 Å². The van der Waals surface area contributed by atoms with Gasteiger partial charge in [0.2, 0.25) is 5.91 Å². The van der Waals surface area contributed by atoms with Crippen molar-refractivity contribution in [2.75, 3.05) is 13.1 Å². The summed E-state index contributed by atoms with van der Waals surface area (Å²) in [6.07, 6.45) is 0. The van der Waals surface area contributed by atoms with Crippen LogP contribution in [0.25, 0.3) is 0 Å². The van der Waals surface area contributed by atoms with E-state index in [0.29, 0.717) is 24.9 Å². The minimum absolute atomic E-state index is 0.0656. The first-order valence-electron chi connectivity index (χ1n) is 8.76. The highest BCUT2D eigenvalue weighted by molar-refractivity contribution is 5.98. The van der Waals surface area contributed by atoms with Crippen LogP contribution >= 0.6 is 0 Å². The molecule has 132 valence electrons. The first-order chi connectivity index (χ1) is 11.3. The summed E-state index contributed by atoms with van der Waals surface area (Å²) in [6, 6.07) is 7.92. The second-order valence-electron chi connectivity index (χ2n) is 7.15. The van der Waals surface area contributed by atoms with E-state index in [2.05, 4.69) is 62.6 Å². The number of carbonyl (C=O) groups is 2. The molecule has 1 aliphatic heterocycles. The lowest BCUT2D eigenvalue weighted by Crippen LogP contribution is -2.47. The predicted octanol–water partition coefficient (Wildman–Crippen LogP) is 3.04. The maximum atomic E-state index is 12.5. The molecule has 0 aromatic heterocycles. The van der Waals surface area contributed by atoms with E-state index in [4.69, 9.17) is 0 Å². The zero-order chi connectivity index (χ0) is 17.9. The third-order valence-corrected chi connectivity index (χ3v) is 4.55. The van der Waals surface area contributed by atoms with E-state index in [1.54, 1.807) is 0 Å². The molecular weight excluding hydrogens is 302 g/mol. The molecule has 1 aromatic carbocycles. The molecule has 0 spiro atoms. The molecule has 1 saturated heterocycles. The summed E-state index contributed by atoms with van der Waals surface area (Å²) in [5, 5.41) is 6.08. The van der Waals surface area contributed by atoms with Crippen molar-refractivity contribution < 1.29 is 9.59 Å². The Labute approximate surface area is 144 Å². The van der Waals surface area contributed by atoms with Gasteiger partial charge in [0, 0.05) is 19.1 Å². The van der Waals surface area contributed by atoms with Crippen molar-refractivity contribution in [3.05, 3.63) is 35.4 Å². The zero-order valence-corrected chi connectivity index (χ0v) is 15.3. The first kappa shape index (κ1) is 18.5. The molecule has 0 unspecified atom stereocenters. The third kappa shape index (κ3) is 4.15. The normalized spacial score (nSPS) is 17.3. The van der Waals surface area contributed by atoms with Gasteiger partial charge >= 0.3 is 6.03 Å². The number of rotatable bonds is 6. The second-order valence-corrected chi connectivity index (χ2v) is 7.15. The van der Waals surface area contributed by atoms with Crippen LogP contribution in [0, 0.1) is 5.92 Å². The average Bonchev–Trinajstić information content (AvgIpc) is 2.97. The van der Waals surface area contributed by atoms with Gasteiger partial charge < -0.3 is 5.32 Å². The molecule has 3 amide bonds. The summed E-state index contributed by atoms with van der Waals surface area (Å²) in [4.78, 5) is 25.5. The molecule has 1 aliphatic rings. The quantitative estimate of drug-likeness (QED) is 0.842. The summed E-state index contributed by atoms with van der Waals surface area (Å²) in [7, 11) is 0. The molecule has 5 heteroatoms. The Hall–Kier alpha value is -1.88. The van der Waals surface area contributed by atoms with E-state index in [-0.39, 0.29) is 18.0 Å². The first-order valence-corrected chi connectivity index (χ1v) is 8.76. The van der Waals surface area contributed by atoms with Crippen molar-refractivity contribution >= 4 is 11.9 Å². The van der Waals surface area contributed by atoms with E-state index in [1.165, 1.54) is 16.0 Å². The van der Waals surface area contributed by atoms with Gasteiger partial charge in [-0.3, -0.25) is 15.0 Å². The Kier molecular flexibility index (Phi) is 5.99. The van der Waals surface area contributed by atoms with Crippen molar-refractivity contribution in [2.45, 2.75) is 52.6 Å². The van der Waals surface area contributed by atoms with E-state index in [0.717, 1.165) is 0 Å². The fraction of sp³-hybridized carbons (Fsp3) is 0.579. The molecule has 1 heterocycles. The van der Waals surface area contributed by atoms with Gasteiger partial charge in [0.15, 0.2) is 0 Å². The van der Waals surface area contributed by atoms with Gasteiger partial charge in [-0.05, 0) is 29.9 Å². The number of nitrogens with one attached hydrogen (secondary N) is 2. The molecule has 1 aromatic rings. The Morgan fingerprint density at radius 1 is 1.08 bits per heavy atom. The van der Waals surface area contributed by atoms with Crippen LogP contribution < -0.4 is 10.6 Å². The maximum absolute atomic E-state index is 12.5. The van der Waals surface area contributed by atoms with Gasteiger partial charge in [-0.15, -0.1) is 0 Å². The molecular formula is C19H29N3O2. The molecule has 24 heavy (non-hydrogen) atoms. The van der Waals surface area contributed by atoms with Crippen LogP contribution in [0.15, 0.2) is 24.3 Å². The Morgan fingerprint density at radius 2 is 1.67 bits per heavy atom. The van der Waals surface area contributed by atoms with Crippen LogP contribution in [0.2, 0.25) is 0 Å². The lowest BCUT2D eigenvalue weighted by molar-refractivity contribution is -0.129. The topological polar surface area (TPSA) is 61.4 Å². The average molecular weight is 331 g/mol. The highest BCUT2D eigenvalue weighted by Crippen LogP contribution is 2.25. The number of urea groups is 1. The molecule has 2 atom stereocenters. The number of amides is 3. The highest BCUT2D eigenvalue weighted by Gasteiger charge is 2.31. The summed E-state index contributed by atoms with van der Waals surface area (Å²) in [5.74, 6) is 0.658. The van der Waals surface area contributed by atoms with E-state index < -0.39 is 6.04 Å². The Balaban J connectivity index is 2.10.